The zero-order chi connectivity index (χ0) is 12.4. The maximum absolute atomic E-state index is 5.71. The van der Waals surface area contributed by atoms with Crippen molar-refractivity contribution in [1.82, 2.24) is 10.1 Å². The molecule has 0 amide bonds. The van der Waals surface area contributed by atoms with E-state index in [0.29, 0.717) is 23.9 Å². The summed E-state index contributed by atoms with van der Waals surface area (Å²) >= 11 is 0. The summed E-state index contributed by atoms with van der Waals surface area (Å²) in [7, 11) is 0. The SMILES string of the molecule is Nc1cccc(Cc2nc(-c3ccco3)no2)c1. The number of furan rings is 1. The molecule has 0 unspecified atom stereocenters. The van der Waals surface area contributed by atoms with Crippen molar-refractivity contribution in [2.24, 2.45) is 0 Å². The molecule has 0 aliphatic rings. The molecule has 0 fully saturated rings. The lowest BCUT2D eigenvalue weighted by molar-refractivity contribution is 0.384. The van der Waals surface area contributed by atoms with Gasteiger partial charge in [0.25, 0.3) is 0 Å². The van der Waals surface area contributed by atoms with Crippen molar-refractivity contribution in [2.75, 3.05) is 5.73 Å². The van der Waals surface area contributed by atoms with Crippen LogP contribution in [-0.2, 0) is 6.42 Å². The first-order valence-corrected chi connectivity index (χ1v) is 5.52. The van der Waals surface area contributed by atoms with Crippen LogP contribution in [0.2, 0.25) is 0 Å². The first kappa shape index (κ1) is 10.6. The molecule has 90 valence electrons. The Balaban J connectivity index is 1.82. The fourth-order valence-corrected chi connectivity index (χ4v) is 1.71. The van der Waals surface area contributed by atoms with Gasteiger partial charge in [0.2, 0.25) is 11.7 Å². The van der Waals surface area contributed by atoms with Gasteiger partial charge in [-0.2, -0.15) is 4.98 Å². The molecule has 1 aromatic carbocycles. The Bertz CT molecular complexity index is 644. The van der Waals surface area contributed by atoms with Crippen LogP contribution in [0.15, 0.2) is 51.6 Å². The van der Waals surface area contributed by atoms with Gasteiger partial charge in [0.15, 0.2) is 5.76 Å². The molecule has 3 rings (SSSR count). The first-order chi connectivity index (χ1) is 8.81. The van der Waals surface area contributed by atoms with Gasteiger partial charge in [-0.15, -0.1) is 0 Å². The summed E-state index contributed by atoms with van der Waals surface area (Å²) in [5, 5.41) is 3.87. The van der Waals surface area contributed by atoms with Gasteiger partial charge >= 0.3 is 0 Å². The van der Waals surface area contributed by atoms with Crippen molar-refractivity contribution in [2.45, 2.75) is 6.42 Å². The molecule has 3 aromatic rings. The van der Waals surface area contributed by atoms with E-state index in [-0.39, 0.29) is 0 Å². The highest BCUT2D eigenvalue weighted by atomic mass is 16.5. The number of hydrogen-bond donors (Lipinski definition) is 1. The zero-order valence-electron chi connectivity index (χ0n) is 9.54. The minimum absolute atomic E-state index is 0.457. The molecule has 2 heterocycles. The highest BCUT2D eigenvalue weighted by molar-refractivity contribution is 5.45. The largest absolute Gasteiger partial charge is 0.461 e. The highest BCUT2D eigenvalue weighted by Gasteiger charge is 2.11. The molecule has 0 bridgehead atoms. The van der Waals surface area contributed by atoms with E-state index in [1.807, 2.05) is 24.3 Å². The summed E-state index contributed by atoms with van der Waals surface area (Å²) in [6.07, 6.45) is 2.13. The van der Waals surface area contributed by atoms with E-state index in [1.54, 1.807) is 18.4 Å². The monoisotopic (exact) mass is 241 g/mol. The average Bonchev–Trinajstić information content (AvgIpc) is 2.98. The fourth-order valence-electron chi connectivity index (χ4n) is 1.71. The van der Waals surface area contributed by atoms with Crippen LogP contribution in [-0.4, -0.2) is 10.1 Å². The van der Waals surface area contributed by atoms with E-state index in [9.17, 15) is 0 Å². The summed E-state index contributed by atoms with van der Waals surface area (Å²) in [6, 6.07) is 11.2. The molecule has 0 saturated carbocycles. The Labute approximate surface area is 103 Å². The lowest BCUT2D eigenvalue weighted by Crippen LogP contribution is -1.91. The van der Waals surface area contributed by atoms with Gasteiger partial charge in [0.05, 0.1) is 12.7 Å². The predicted octanol–water partition coefficient (Wildman–Crippen LogP) is 2.50. The maximum atomic E-state index is 5.71. The summed E-state index contributed by atoms with van der Waals surface area (Å²) < 4.78 is 10.4. The third-order valence-corrected chi connectivity index (χ3v) is 2.52. The van der Waals surface area contributed by atoms with Gasteiger partial charge in [-0.25, -0.2) is 0 Å². The lowest BCUT2D eigenvalue weighted by atomic mass is 10.1. The Hall–Kier alpha value is -2.56. The van der Waals surface area contributed by atoms with Crippen LogP contribution < -0.4 is 5.73 Å². The maximum Gasteiger partial charge on any atom is 0.238 e. The van der Waals surface area contributed by atoms with Gasteiger partial charge in [-0.3, -0.25) is 0 Å². The smallest absolute Gasteiger partial charge is 0.238 e. The summed E-state index contributed by atoms with van der Waals surface area (Å²) in [6.45, 7) is 0. The quantitative estimate of drug-likeness (QED) is 0.713. The van der Waals surface area contributed by atoms with Crippen LogP contribution in [0.25, 0.3) is 11.6 Å². The van der Waals surface area contributed by atoms with Gasteiger partial charge in [-0.05, 0) is 29.8 Å². The molecule has 0 saturated heterocycles. The Kier molecular flexibility index (Phi) is 2.57. The Morgan fingerprint density at radius 3 is 2.89 bits per heavy atom. The molecule has 2 aromatic heterocycles. The third-order valence-electron chi connectivity index (χ3n) is 2.52. The lowest BCUT2D eigenvalue weighted by Gasteiger charge is -1.97. The minimum atomic E-state index is 0.457. The minimum Gasteiger partial charge on any atom is -0.461 e. The van der Waals surface area contributed by atoms with E-state index in [2.05, 4.69) is 10.1 Å². The number of nitrogen functional groups attached to an aromatic ring is 1. The molecule has 2 N–H and O–H groups in total. The van der Waals surface area contributed by atoms with Gasteiger partial charge in [-0.1, -0.05) is 17.3 Å². The molecule has 0 spiro atoms. The molecule has 0 aliphatic carbocycles. The second-order valence-corrected chi connectivity index (χ2v) is 3.91. The number of nitrogens with zero attached hydrogens (tertiary/aromatic N) is 2. The number of benzene rings is 1. The zero-order valence-corrected chi connectivity index (χ0v) is 9.54. The van der Waals surface area contributed by atoms with Crippen molar-refractivity contribution in [3.8, 4) is 11.6 Å². The van der Waals surface area contributed by atoms with Gasteiger partial charge in [0.1, 0.15) is 0 Å². The van der Waals surface area contributed by atoms with Crippen molar-refractivity contribution in [3.63, 3.8) is 0 Å². The standard InChI is InChI=1S/C13H11N3O2/c14-10-4-1-3-9(7-10)8-12-15-13(16-18-12)11-5-2-6-17-11/h1-7H,8,14H2. The van der Waals surface area contributed by atoms with Gasteiger partial charge < -0.3 is 14.7 Å². The summed E-state index contributed by atoms with van der Waals surface area (Å²) in [4.78, 5) is 4.27. The number of anilines is 1. The normalized spacial score (nSPS) is 10.7. The van der Waals surface area contributed by atoms with Crippen molar-refractivity contribution in [3.05, 3.63) is 54.1 Å². The molecular weight excluding hydrogens is 230 g/mol. The van der Waals surface area contributed by atoms with Gasteiger partial charge in [0, 0.05) is 5.69 Å². The van der Waals surface area contributed by atoms with E-state index < -0.39 is 0 Å². The molecular formula is C13H11N3O2. The Morgan fingerprint density at radius 1 is 1.17 bits per heavy atom. The molecule has 0 radical (unpaired) electrons. The van der Waals surface area contributed by atoms with E-state index >= 15 is 0 Å². The second kappa shape index (κ2) is 4.37. The predicted molar refractivity (Wildman–Crippen MR) is 65.7 cm³/mol. The molecule has 5 nitrogen and oxygen atoms in total. The van der Waals surface area contributed by atoms with Crippen LogP contribution >= 0.6 is 0 Å². The van der Waals surface area contributed by atoms with Crippen LogP contribution in [0.4, 0.5) is 5.69 Å². The van der Waals surface area contributed by atoms with Crippen LogP contribution in [0.3, 0.4) is 0 Å². The first-order valence-electron chi connectivity index (χ1n) is 5.52. The van der Waals surface area contributed by atoms with E-state index in [0.717, 1.165) is 11.3 Å². The Morgan fingerprint density at radius 2 is 2.11 bits per heavy atom. The van der Waals surface area contributed by atoms with Crippen LogP contribution in [0.1, 0.15) is 11.5 Å². The average molecular weight is 241 g/mol. The molecule has 0 aliphatic heterocycles. The van der Waals surface area contributed by atoms with E-state index in [4.69, 9.17) is 14.7 Å². The number of hydrogen-bond acceptors (Lipinski definition) is 5. The summed E-state index contributed by atoms with van der Waals surface area (Å²) in [5.74, 6) is 1.59. The van der Waals surface area contributed by atoms with Crippen molar-refractivity contribution in [1.29, 1.82) is 0 Å². The third kappa shape index (κ3) is 2.10. The summed E-state index contributed by atoms with van der Waals surface area (Å²) in [5.41, 5.74) is 7.47. The van der Waals surface area contributed by atoms with Crippen LogP contribution in [0.5, 0.6) is 0 Å². The molecule has 5 heteroatoms. The number of rotatable bonds is 3. The number of nitrogens with two attached hydrogens (primary N) is 1. The van der Waals surface area contributed by atoms with Crippen molar-refractivity contribution < 1.29 is 8.94 Å². The molecule has 18 heavy (non-hydrogen) atoms. The van der Waals surface area contributed by atoms with Crippen LogP contribution in [0, 0.1) is 0 Å². The fraction of sp³-hybridized carbons (Fsp3) is 0.0769. The molecule has 0 atom stereocenters. The topological polar surface area (TPSA) is 78.1 Å². The number of aromatic nitrogens is 2. The highest BCUT2D eigenvalue weighted by Crippen LogP contribution is 2.17. The second-order valence-electron chi connectivity index (χ2n) is 3.91. The van der Waals surface area contributed by atoms with Crippen molar-refractivity contribution >= 4 is 5.69 Å². The van der Waals surface area contributed by atoms with E-state index in [1.165, 1.54) is 0 Å².